The monoisotopic (exact) mass is 351 g/mol. The molecular weight excluding hydrogens is 334 g/mol. The highest BCUT2D eigenvalue weighted by Crippen LogP contribution is 2.25. The van der Waals surface area contributed by atoms with Gasteiger partial charge in [0.15, 0.2) is 0 Å². The fourth-order valence-electron chi connectivity index (χ4n) is 2.02. The van der Waals surface area contributed by atoms with Crippen LogP contribution in [0.25, 0.3) is 0 Å². The van der Waals surface area contributed by atoms with Crippen LogP contribution in [0.5, 0.6) is 0 Å². The van der Waals surface area contributed by atoms with Crippen LogP contribution in [-0.4, -0.2) is 34.6 Å². The molecule has 0 aliphatic heterocycles. The Kier molecular flexibility index (Phi) is 6.20. The Morgan fingerprint density at radius 3 is 2.79 bits per heavy atom. The average molecular weight is 352 g/mol. The Morgan fingerprint density at radius 2 is 2.17 bits per heavy atom. The third kappa shape index (κ3) is 4.73. The van der Waals surface area contributed by atoms with Crippen LogP contribution in [0.3, 0.4) is 0 Å². The van der Waals surface area contributed by atoms with Crippen LogP contribution in [0.4, 0.5) is 10.5 Å². The SMILES string of the molecule is CCOC(=O)C(Cn1cccn1)OC(=O)Nc1c(C)cccc1Cl. The van der Waals surface area contributed by atoms with Crippen molar-refractivity contribution in [3.63, 3.8) is 0 Å². The van der Waals surface area contributed by atoms with Crippen LogP contribution >= 0.6 is 11.6 Å². The molecule has 0 spiro atoms. The number of rotatable bonds is 6. The second-order valence-electron chi connectivity index (χ2n) is 4.93. The van der Waals surface area contributed by atoms with E-state index >= 15 is 0 Å². The number of hydrogen-bond acceptors (Lipinski definition) is 5. The minimum absolute atomic E-state index is 0.0563. The molecule has 0 aliphatic carbocycles. The van der Waals surface area contributed by atoms with E-state index in [1.54, 1.807) is 50.5 Å². The summed E-state index contributed by atoms with van der Waals surface area (Å²) in [5.41, 5.74) is 1.21. The Hall–Kier alpha value is -2.54. The average Bonchev–Trinajstić information content (AvgIpc) is 3.04. The van der Waals surface area contributed by atoms with Crippen LogP contribution in [0, 0.1) is 6.92 Å². The minimum atomic E-state index is -1.12. The van der Waals surface area contributed by atoms with E-state index in [0.29, 0.717) is 10.7 Å². The molecule has 1 atom stereocenters. The Morgan fingerprint density at radius 1 is 1.38 bits per heavy atom. The van der Waals surface area contributed by atoms with Gasteiger partial charge in [-0.1, -0.05) is 23.7 Å². The lowest BCUT2D eigenvalue weighted by atomic mass is 10.2. The maximum Gasteiger partial charge on any atom is 0.412 e. The number of carbonyl (C=O) groups is 2. The number of para-hydroxylation sites is 1. The summed E-state index contributed by atoms with van der Waals surface area (Å²) in [6, 6.07) is 6.92. The zero-order valence-corrected chi connectivity index (χ0v) is 14.1. The van der Waals surface area contributed by atoms with Crippen molar-refractivity contribution in [3.8, 4) is 0 Å². The first-order valence-electron chi connectivity index (χ1n) is 7.38. The fourth-order valence-corrected chi connectivity index (χ4v) is 2.29. The molecule has 2 rings (SSSR count). The summed E-state index contributed by atoms with van der Waals surface area (Å²) in [5, 5.41) is 6.93. The zero-order valence-electron chi connectivity index (χ0n) is 13.4. The molecule has 0 saturated carbocycles. The molecule has 24 heavy (non-hydrogen) atoms. The van der Waals surface area contributed by atoms with E-state index < -0.39 is 18.2 Å². The van der Waals surface area contributed by atoms with Crippen molar-refractivity contribution in [1.29, 1.82) is 0 Å². The number of anilines is 1. The van der Waals surface area contributed by atoms with Gasteiger partial charge in [0, 0.05) is 12.4 Å². The molecule has 1 amide bonds. The van der Waals surface area contributed by atoms with E-state index in [-0.39, 0.29) is 13.2 Å². The van der Waals surface area contributed by atoms with Gasteiger partial charge in [0.2, 0.25) is 6.10 Å². The van der Waals surface area contributed by atoms with Crippen molar-refractivity contribution >= 4 is 29.4 Å². The Labute approximate surface area is 144 Å². The number of esters is 1. The molecular formula is C16H18ClN3O4. The molecule has 1 unspecified atom stereocenters. The number of aryl methyl sites for hydroxylation is 1. The van der Waals surface area contributed by atoms with Gasteiger partial charge in [0.05, 0.1) is 23.9 Å². The van der Waals surface area contributed by atoms with Gasteiger partial charge in [-0.15, -0.1) is 0 Å². The van der Waals surface area contributed by atoms with Crippen LogP contribution in [-0.2, 0) is 20.8 Å². The number of benzene rings is 1. The molecule has 7 nitrogen and oxygen atoms in total. The maximum absolute atomic E-state index is 12.1. The summed E-state index contributed by atoms with van der Waals surface area (Å²) in [6.07, 6.45) is 1.31. The van der Waals surface area contributed by atoms with E-state index in [1.165, 1.54) is 4.68 Å². The first-order valence-corrected chi connectivity index (χ1v) is 7.76. The first-order chi connectivity index (χ1) is 11.5. The minimum Gasteiger partial charge on any atom is -0.463 e. The number of nitrogens with one attached hydrogen (secondary N) is 1. The lowest BCUT2D eigenvalue weighted by Gasteiger charge is -2.17. The van der Waals surface area contributed by atoms with Crippen molar-refractivity contribution in [2.45, 2.75) is 26.5 Å². The van der Waals surface area contributed by atoms with Crippen LogP contribution in [0.1, 0.15) is 12.5 Å². The van der Waals surface area contributed by atoms with Crippen molar-refractivity contribution in [1.82, 2.24) is 9.78 Å². The van der Waals surface area contributed by atoms with Crippen LogP contribution < -0.4 is 5.32 Å². The summed E-state index contributed by atoms with van der Waals surface area (Å²) < 4.78 is 11.6. The van der Waals surface area contributed by atoms with Gasteiger partial charge >= 0.3 is 12.1 Å². The van der Waals surface area contributed by atoms with E-state index in [2.05, 4.69) is 10.4 Å². The normalized spacial score (nSPS) is 11.6. The molecule has 0 fully saturated rings. The van der Waals surface area contributed by atoms with Crippen molar-refractivity contribution in [2.75, 3.05) is 11.9 Å². The molecule has 1 N–H and O–H groups in total. The standard InChI is InChI=1S/C16H18ClN3O4/c1-3-23-15(21)13(10-20-9-5-8-18-20)24-16(22)19-14-11(2)6-4-7-12(14)17/h4-9,13H,3,10H2,1-2H3,(H,19,22). The van der Waals surface area contributed by atoms with Crippen molar-refractivity contribution in [3.05, 3.63) is 47.2 Å². The number of aromatic nitrogens is 2. The molecule has 0 radical (unpaired) electrons. The van der Waals surface area contributed by atoms with Gasteiger partial charge in [-0.25, -0.2) is 9.59 Å². The van der Waals surface area contributed by atoms with Gasteiger partial charge in [-0.2, -0.15) is 5.10 Å². The smallest absolute Gasteiger partial charge is 0.412 e. The predicted molar refractivity (Wildman–Crippen MR) is 88.9 cm³/mol. The molecule has 1 aromatic heterocycles. The van der Waals surface area contributed by atoms with Crippen molar-refractivity contribution in [2.24, 2.45) is 0 Å². The third-order valence-corrected chi connectivity index (χ3v) is 3.47. The first kappa shape index (κ1) is 17.8. The summed E-state index contributed by atoms with van der Waals surface area (Å²) in [4.78, 5) is 24.1. The van der Waals surface area contributed by atoms with Crippen LogP contribution in [0.2, 0.25) is 5.02 Å². The molecule has 1 aromatic carbocycles. The fraction of sp³-hybridized carbons (Fsp3) is 0.312. The quantitative estimate of drug-likeness (QED) is 0.809. The van der Waals surface area contributed by atoms with Crippen LogP contribution in [0.15, 0.2) is 36.7 Å². The van der Waals surface area contributed by atoms with E-state index in [1.807, 2.05) is 0 Å². The lowest BCUT2D eigenvalue weighted by Crippen LogP contribution is -2.35. The van der Waals surface area contributed by atoms with Gasteiger partial charge < -0.3 is 9.47 Å². The van der Waals surface area contributed by atoms with Gasteiger partial charge in [0.25, 0.3) is 0 Å². The molecule has 0 bridgehead atoms. The highest BCUT2D eigenvalue weighted by atomic mass is 35.5. The number of ether oxygens (including phenoxy) is 2. The number of nitrogens with zero attached hydrogens (tertiary/aromatic N) is 2. The summed E-state index contributed by atoms with van der Waals surface area (Å²) in [7, 11) is 0. The van der Waals surface area contributed by atoms with Gasteiger partial charge in [-0.3, -0.25) is 10.00 Å². The molecule has 0 aliphatic rings. The van der Waals surface area contributed by atoms with Crippen molar-refractivity contribution < 1.29 is 19.1 Å². The Balaban J connectivity index is 2.07. The lowest BCUT2D eigenvalue weighted by molar-refractivity contribution is -0.153. The number of carbonyl (C=O) groups excluding carboxylic acids is 2. The molecule has 128 valence electrons. The van der Waals surface area contributed by atoms with Gasteiger partial charge in [0.1, 0.15) is 0 Å². The molecule has 2 aromatic rings. The molecule has 1 heterocycles. The highest BCUT2D eigenvalue weighted by Gasteiger charge is 2.25. The van der Waals surface area contributed by atoms with E-state index in [0.717, 1.165) is 5.56 Å². The zero-order chi connectivity index (χ0) is 17.5. The molecule has 0 saturated heterocycles. The number of amides is 1. The number of hydrogen-bond donors (Lipinski definition) is 1. The topological polar surface area (TPSA) is 82.5 Å². The van der Waals surface area contributed by atoms with Gasteiger partial charge in [-0.05, 0) is 31.5 Å². The predicted octanol–water partition coefficient (Wildman–Crippen LogP) is 3.03. The third-order valence-electron chi connectivity index (χ3n) is 3.16. The highest BCUT2D eigenvalue weighted by molar-refractivity contribution is 6.33. The summed E-state index contributed by atoms with van der Waals surface area (Å²) in [6.45, 7) is 3.72. The second kappa shape index (κ2) is 8.35. The Bertz CT molecular complexity index is 683. The number of halogens is 1. The second-order valence-corrected chi connectivity index (χ2v) is 5.34. The maximum atomic E-state index is 12.1. The summed E-state index contributed by atoms with van der Waals surface area (Å²) >= 11 is 6.06. The molecule has 8 heteroatoms. The van der Waals surface area contributed by atoms with E-state index in [9.17, 15) is 9.59 Å². The van der Waals surface area contributed by atoms with E-state index in [4.69, 9.17) is 21.1 Å². The largest absolute Gasteiger partial charge is 0.463 e. The summed E-state index contributed by atoms with van der Waals surface area (Å²) in [5.74, 6) is -0.640.